The van der Waals surface area contributed by atoms with E-state index in [4.69, 9.17) is 11.5 Å². The number of carbonyl (C=O) groups excluding carboxylic acids is 10. The zero-order chi connectivity index (χ0) is 54.6. The van der Waals surface area contributed by atoms with E-state index in [0.29, 0.717) is 25.0 Å². The molecule has 10 amide bonds. The van der Waals surface area contributed by atoms with Crippen molar-refractivity contribution >= 4 is 76.8 Å². The van der Waals surface area contributed by atoms with Gasteiger partial charge in [-0.1, -0.05) is 41.5 Å². The number of carboxylic acids is 1. The van der Waals surface area contributed by atoms with Gasteiger partial charge in [-0.25, -0.2) is 4.79 Å². The van der Waals surface area contributed by atoms with Crippen molar-refractivity contribution in [3.05, 3.63) is 0 Å². The molecule has 0 saturated carbocycles. The van der Waals surface area contributed by atoms with Crippen molar-refractivity contribution in [2.75, 3.05) is 38.2 Å². The van der Waals surface area contributed by atoms with Gasteiger partial charge in [-0.05, 0) is 88.1 Å². The van der Waals surface area contributed by atoms with E-state index in [2.05, 4.69) is 37.2 Å². The molecule has 0 aliphatic carbocycles. The van der Waals surface area contributed by atoms with E-state index in [1.54, 1.807) is 34.0 Å². The Balaban J connectivity index is 2.21. The van der Waals surface area contributed by atoms with Crippen molar-refractivity contribution in [3.63, 3.8) is 0 Å². The number of thioether (sulfide) groups is 1. The number of carboxylic acid groups (broad SMARTS) is 1. The number of amides is 10. The van der Waals surface area contributed by atoms with Gasteiger partial charge in [0, 0.05) is 19.5 Å². The fraction of sp³-hybridized carbons (Fsp3) is 0.761. The lowest BCUT2D eigenvalue weighted by Gasteiger charge is -2.32. The van der Waals surface area contributed by atoms with Gasteiger partial charge >= 0.3 is 5.97 Å². The summed E-state index contributed by atoms with van der Waals surface area (Å²) in [6.07, 6.45) is 1.84. The number of hydrogen-bond acceptors (Lipinski definition) is 15. The molecule has 14 N–H and O–H groups in total. The molecular formula is C46H79N11O14S. The Bertz CT molecular complexity index is 1920. The lowest BCUT2D eigenvalue weighted by atomic mass is 10.0. The summed E-state index contributed by atoms with van der Waals surface area (Å²) < 4.78 is 0. The Morgan fingerprint density at radius 1 is 0.639 bits per heavy atom. The van der Waals surface area contributed by atoms with Gasteiger partial charge in [-0.15, -0.1) is 0 Å². The average Bonchev–Trinajstić information content (AvgIpc) is 4.01. The lowest BCUT2D eigenvalue weighted by Crippen LogP contribution is -2.62. The summed E-state index contributed by atoms with van der Waals surface area (Å²) in [6, 6.07) is -11.4. The first-order valence-electron chi connectivity index (χ1n) is 24.5. The van der Waals surface area contributed by atoms with Gasteiger partial charge in [0.05, 0.1) is 25.3 Å². The maximum Gasteiger partial charge on any atom is 0.326 e. The first-order chi connectivity index (χ1) is 33.7. The van der Waals surface area contributed by atoms with E-state index in [-0.39, 0.29) is 63.5 Å². The van der Waals surface area contributed by atoms with E-state index in [1.165, 1.54) is 28.5 Å². The molecule has 408 valence electrons. The Hall–Kier alpha value is -5.60. The maximum atomic E-state index is 14.0. The molecule has 0 aromatic carbocycles. The van der Waals surface area contributed by atoms with Crippen LogP contribution in [0, 0.1) is 17.8 Å². The van der Waals surface area contributed by atoms with Gasteiger partial charge in [0.2, 0.25) is 59.1 Å². The second-order valence-corrected chi connectivity index (χ2v) is 20.5. The highest BCUT2D eigenvalue weighted by atomic mass is 32.2. The summed E-state index contributed by atoms with van der Waals surface area (Å²) in [6.45, 7) is 10.5. The Kier molecular flexibility index (Phi) is 26.4. The molecule has 0 unspecified atom stereocenters. The van der Waals surface area contributed by atoms with Gasteiger partial charge in [0.1, 0.15) is 48.3 Å². The minimum atomic E-state index is -1.65. The zero-order valence-electron chi connectivity index (χ0n) is 42.7. The van der Waals surface area contributed by atoms with Crippen molar-refractivity contribution in [2.45, 2.75) is 167 Å². The standard InChI is InChI=1S/C46H79N11O14S/c1-23(2)19-29(52-43(67)32-11-9-17-57(32)45(69)33-12-10-16-56(33)35(61)21-49-38(62)27(47)13-14-34(48)60)40(64)50-28(15-18-72-8)39(63)53-31(22-58)42(66)51-30(20-24(3)4)41(65)55-37(26(7)59)44(68)54-36(25(5)6)46(70)71/h23-33,36-37,58-59H,9-22,47H2,1-8H3,(H2,48,60)(H,49,62)(H,50,64)(H,51,66)(H,52,67)(H,53,63)(H,54,68)(H,55,65)(H,70,71)/t26-,27+,28+,29+,30+,31+,32+,33+,36+,37+/m1/s1. The van der Waals surface area contributed by atoms with Crippen LogP contribution < -0.4 is 48.7 Å². The molecule has 0 aromatic heterocycles. The lowest BCUT2D eigenvalue weighted by molar-refractivity contribution is -0.147. The monoisotopic (exact) mass is 1040 g/mol. The predicted molar refractivity (Wildman–Crippen MR) is 264 cm³/mol. The zero-order valence-corrected chi connectivity index (χ0v) is 43.5. The highest BCUT2D eigenvalue weighted by molar-refractivity contribution is 7.98. The minimum Gasteiger partial charge on any atom is -0.480 e. The summed E-state index contributed by atoms with van der Waals surface area (Å²) in [5.74, 6) is -9.33. The van der Waals surface area contributed by atoms with Crippen LogP contribution in [0.2, 0.25) is 0 Å². The van der Waals surface area contributed by atoms with Crippen LogP contribution in [0.25, 0.3) is 0 Å². The fourth-order valence-electron chi connectivity index (χ4n) is 8.25. The molecule has 0 radical (unpaired) electrons. The van der Waals surface area contributed by atoms with Gasteiger partial charge in [0.25, 0.3) is 0 Å². The number of likely N-dealkylation sites (tertiary alicyclic amines) is 2. The van der Waals surface area contributed by atoms with Crippen LogP contribution in [-0.2, 0) is 52.7 Å². The Morgan fingerprint density at radius 3 is 1.67 bits per heavy atom. The molecule has 0 bridgehead atoms. The van der Waals surface area contributed by atoms with Crippen LogP contribution in [0.4, 0.5) is 0 Å². The van der Waals surface area contributed by atoms with Crippen molar-refractivity contribution < 1.29 is 68.1 Å². The smallest absolute Gasteiger partial charge is 0.326 e. The summed E-state index contributed by atoms with van der Waals surface area (Å²) in [5, 5.41) is 47.7. The van der Waals surface area contributed by atoms with E-state index in [9.17, 15) is 68.1 Å². The van der Waals surface area contributed by atoms with Crippen LogP contribution in [-0.4, -0.2) is 189 Å². The number of nitrogens with two attached hydrogens (primary N) is 2. The second kappa shape index (κ2) is 30.4. The number of nitrogens with one attached hydrogen (secondary N) is 7. The fourth-order valence-corrected chi connectivity index (χ4v) is 8.72. The van der Waals surface area contributed by atoms with Crippen molar-refractivity contribution in [2.24, 2.45) is 29.2 Å². The summed E-state index contributed by atoms with van der Waals surface area (Å²) >= 11 is 1.36. The van der Waals surface area contributed by atoms with Crippen molar-refractivity contribution in [1.82, 2.24) is 47.0 Å². The van der Waals surface area contributed by atoms with Gasteiger partial charge in [0.15, 0.2) is 0 Å². The van der Waals surface area contributed by atoms with E-state index in [0.717, 1.165) is 0 Å². The Labute approximate surface area is 424 Å². The molecular weight excluding hydrogens is 963 g/mol. The third-order valence-corrected chi connectivity index (χ3v) is 12.8. The summed E-state index contributed by atoms with van der Waals surface area (Å²) in [5.41, 5.74) is 10.9. The molecule has 2 saturated heterocycles. The SMILES string of the molecule is CSCC[C@H](NC(=O)[C@H](CC(C)C)NC(=O)[C@@H]1CCCN1C(=O)[C@@H]1CCCN1C(=O)CNC(=O)[C@@H](N)CCC(N)=O)C(=O)N[C@@H](CO)C(=O)N[C@@H](CC(C)C)C(=O)N[C@H](C(=O)N[C@H](C(=O)O)C(C)C)[C@@H](C)O. The molecule has 2 heterocycles. The number of aliphatic hydroxyl groups is 2. The number of carbonyl (C=O) groups is 11. The molecule has 2 fully saturated rings. The number of aliphatic carboxylic acids is 1. The topological polar surface area (TPSA) is 391 Å². The van der Waals surface area contributed by atoms with Crippen molar-refractivity contribution in [1.29, 1.82) is 0 Å². The number of primary amides is 1. The van der Waals surface area contributed by atoms with Crippen LogP contribution in [0.3, 0.4) is 0 Å². The second-order valence-electron chi connectivity index (χ2n) is 19.5. The molecule has 72 heavy (non-hydrogen) atoms. The molecule has 25 nitrogen and oxygen atoms in total. The normalized spacial score (nSPS) is 19.0. The van der Waals surface area contributed by atoms with Crippen molar-refractivity contribution in [3.8, 4) is 0 Å². The van der Waals surface area contributed by atoms with Crippen LogP contribution in [0.15, 0.2) is 0 Å². The quantitative estimate of drug-likeness (QED) is 0.0333. The Morgan fingerprint density at radius 2 is 1.14 bits per heavy atom. The highest BCUT2D eigenvalue weighted by Crippen LogP contribution is 2.25. The molecule has 26 heteroatoms. The largest absolute Gasteiger partial charge is 0.480 e. The van der Waals surface area contributed by atoms with E-state index in [1.807, 2.05) is 13.8 Å². The number of aliphatic hydroxyl groups excluding tert-OH is 2. The highest BCUT2D eigenvalue weighted by Gasteiger charge is 2.43. The predicted octanol–water partition coefficient (Wildman–Crippen LogP) is -3.45. The van der Waals surface area contributed by atoms with E-state index >= 15 is 0 Å². The van der Waals surface area contributed by atoms with Gasteiger partial charge in [-0.3, -0.25) is 47.9 Å². The molecule has 2 aliphatic rings. The van der Waals surface area contributed by atoms with Gasteiger partial charge in [-0.2, -0.15) is 11.8 Å². The van der Waals surface area contributed by atoms with Crippen LogP contribution >= 0.6 is 11.8 Å². The summed E-state index contributed by atoms with van der Waals surface area (Å²) in [7, 11) is 0. The number of rotatable bonds is 30. The molecule has 0 aromatic rings. The van der Waals surface area contributed by atoms with Crippen LogP contribution in [0.5, 0.6) is 0 Å². The van der Waals surface area contributed by atoms with Gasteiger partial charge < -0.3 is 73.8 Å². The molecule has 2 aliphatic heterocycles. The van der Waals surface area contributed by atoms with Crippen LogP contribution in [0.1, 0.15) is 106 Å². The number of hydrogen-bond donors (Lipinski definition) is 12. The third kappa shape index (κ3) is 19.8. The third-order valence-electron chi connectivity index (χ3n) is 12.2. The molecule has 0 spiro atoms. The molecule has 2 rings (SSSR count). The molecule has 10 atom stereocenters. The summed E-state index contributed by atoms with van der Waals surface area (Å²) in [4.78, 5) is 147. The first-order valence-corrected chi connectivity index (χ1v) is 25.9. The number of nitrogens with zero attached hydrogens (tertiary/aromatic N) is 2. The minimum absolute atomic E-state index is 0.00191. The maximum absolute atomic E-state index is 14.0. The van der Waals surface area contributed by atoms with E-state index < -0.39 is 145 Å². The average molecular weight is 1040 g/mol. The first kappa shape index (κ1) is 62.5.